The van der Waals surface area contributed by atoms with E-state index in [2.05, 4.69) is 5.32 Å². The fourth-order valence-corrected chi connectivity index (χ4v) is 1.42. The van der Waals surface area contributed by atoms with Crippen LogP contribution >= 0.6 is 11.6 Å². The Hall–Kier alpha value is -1.22. The van der Waals surface area contributed by atoms with Gasteiger partial charge in [0.25, 0.3) is 0 Å². The lowest BCUT2D eigenvalue weighted by atomic mass is 10.2. The highest BCUT2D eigenvalue weighted by atomic mass is 35.5. The summed E-state index contributed by atoms with van der Waals surface area (Å²) in [5, 5.41) is 2.81. The van der Waals surface area contributed by atoms with Gasteiger partial charge < -0.3 is 10.1 Å². The Morgan fingerprint density at radius 3 is 2.88 bits per heavy atom. The molecule has 0 fully saturated rings. The van der Waals surface area contributed by atoms with Gasteiger partial charge in [0.2, 0.25) is 5.91 Å². The van der Waals surface area contributed by atoms with Crippen LogP contribution in [0.5, 0.6) is 5.75 Å². The lowest BCUT2D eigenvalue weighted by Crippen LogP contribution is -2.12. The Kier molecular flexibility index (Phi) is 5.72. The molecule has 0 radical (unpaired) electrons. The summed E-state index contributed by atoms with van der Waals surface area (Å²) in [7, 11) is 0. The second-order valence-corrected chi connectivity index (χ2v) is 3.65. The minimum atomic E-state index is -0.0344. The second kappa shape index (κ2) is 7.12. The lowest BCUT2D eigenvalue weighted by Gasteiger charge is -2.10. The van der Waals surface area contributed by atoms with E-state index in [1.54, 1.807) is 0 Å². The molecule has 0 aliphatic carbocycles. The van der Waals surface area contributed by atoms with Crippen LogP contribution in [0.15, 0.2) is 24.3 Å². The number of amides is 1. The van der Waals surface area contributed by atoms with E-state index in [1.807, 2.05) is 31.2 Å². The Morgan fingerprint density at radius 2 is 2.19 bits per heavy atom. The van der Waals surface area contributed by atoms with Crippen LogP contribution in [-0.2, 0) is 4.79 Å². The number of rotatable bonds is 6. The SMILES string of the molecule is CCOc1ccccc1NC(=O)CCCCl. The van der Waals surface area contributed by atoms with Crippen molar-refractivity contribution in [3.8, 4) is 5.75 Å². The molecule has 16 heavy (non-hydrogen) atoms. The van der Waals surface area contributed by atoms with Gasteiger partial charge in [-0.1, -0.05) is 12.1 Å². The molecule has 1 aromatic carbocycles. The maximum Gasteiger partial charge on any atom is 0.224 e. The van der Waals surface area contributed by atoms with Gasteiger partial charge in [-0.3, -0.25) is 4.79 Å². The van der Waals surface area contributed by atoms with Crippen molar-refractivity contribution in [3.63, 3.8) is 0 Å². The number of hydrogen-bond donors (Lipinski definition) is 1. The molecule has 1 N–H and O–H groups in total. The third-order valence-corrected chi connectivity index (χ3v) is 2.27. The zero-order valence-electron chi connectivity index (χ0n) is 9.33. The van der Waals surface area contributed by atoms with Gasteiger partial charge in [0, 0.05) is 12.3 Å². The van der Waals surface area contributed by atoms with Crippen LogP contribution < -0.4 is 10.1 Å². The standard InChI is InChI=1S/C12H16ClNO2/c1-2-16-11-7-4-3-6-10(11)14-12(15)8-5-9-13/h3-4,6-7H,2,5,8-9H2,1H3,(H,14,15). The molecule has 0 saturated carbocycles. The fourth-order valence-electron chi connectivity index (χ4n) is 1.29. The number of benzene rings is 1. The van der Waals surface area contributed by atoms with Crippen molar-refractivity contribution in [2.75, 3.05) is 17.8 Å². The number of ether oxygens (including phenoxy) is 1. The third-order valence-electron chi connectivity index (χ3n) is 2.00. The molecule has 1 aromatic rings. The van der Waals surface area contributed by atoms with Crippen molar-refractivity contribution in [2.45, 2.75) is 19.8 Å². The van der Waals surface area contributed by atoms with Crippen LogP contribution in [0.1, 0.15) is 19.8 Å². The number of carbonyl (C=O) groups is 1. The van der Waals surface area contributed by atoms with Gasteiger partial charge in [0.15, 0.2) is 0 Å². The highest BCUT2D eigenvalue weighted by Crippen LogP contribution is 2.23. The van der Waals surface area contributed by atoms with E-state index in [0.717, 1.165) is 0 Å². The van der Waals surface area contributed by atoms with E-state index < -0.39 is 0 Å². The molecule has 1 amide bonds. The Bertz CT molecular complexity index is 342. The van der Waals surface area contributed by atoms with E-state index >= 15 is 0 Å². The molecular formula is C12H16ClNO2. The van der Waals surface area contributed by atoms with E-state index in [9.17, 15) is 4.79 Å². The number of anilines is 1. The molecule has 0 aliphatic rings. The van der Waals surface area contributed by atoms with Gasteiger partial charge in [-0.2, -0.15) is 0 Å². The summed E-state index contributed by atoms with van der Waals surface area (Å²) >= 11 is 5.52. The van der Waals surface area contributed by atoms with Crippen LogP contribution in [0, 0.1) is 0 Å². The smallest absolute Gasteiger partial charge is 0.224 e. The minimum Gasteiger partial charge on any atom is -0.492 e. The maximum absolute atomic E-state index is 11.5. The van der Waals surface area contributed by atoms with Crippen LogP contribution in [0.4, 0.5) is 5.69 Å². The van der Waals surface area contributed by atoms with Gasteiger partial charge in [-0.25, -0.2) is 0 Å². The molecule has 1 rings (SSSR count). The average Bonchev–Trinajstić information content (AvgIpc) is 2.29. The number of nitrogens with one attached hydrogen (secondary N) is 1. The van der Waals surface area contributed by atoms with Crippen molar-refractivity contribution in [1.82, 2.24) is 0 Å². The second-order valence-electron chi connectivity index (χ2n) is 3.27. The first-order valence-electron chi connectivity index (χ1n) is 5.35. The summed E-state index contributed by atoms with van der Waals surface area (Å²) in [5.74, 6) is 1.16. The topological polar surface area (TPSA) is 38.3 Å². The van der Waals surface area contributed by atoms with Crippen LogP contribution in [0.3, 0.4) is 0 Å². The number of alkyl halides is 1. The first kappa shape index (κ1) is 12.8. The molecule has 0 aliphatic heterocycles. The van der Waals surface area contributed by atoms with Crippen LogP contribution in [-0.4, -0.2) is 18.4 Å². The molecule has 3 nitrogen and oxygen atoms in total. The molecular weight excluding hydrogens is 226 g/mol. The molecule has 0 aromatic heterocycles. The van der Waals surface area contributed by atoms with Crippen LogP contribution in [0.25, 0.3) is 0 Å². The summed E-state index contributed by atoms with van der Waals surface area (Å²) in [6.07, 6.45) is 1.12. The Morgan fingerprint density at radius 1 is 1.44 bits per heavy atom. The molecule has 4 heteroatoms. The summed E-state index contributed by atoms with van der Waals surface area (Å²) in [6.45, 7) is 2.49. The van der Waals surface area contributed by atoms with Crippen molar-refractivity contribution in [3.05, 3.63) is 24.3 Å². The molecule has 0 spiro atoms. The van der Waals surface area contributed by atoms with E-state index in [0.29, 0.717) is 36.8 Å². The maximum atomic E-state index is 11.5. The Labute approximate surface area is 101 Å². The third kappa shape index (κ3) is 4.11. The summed E-state index contributed by atoms with van der Waals surface area (Å²) in [5.41, 5.74) is 0.712. The normalized spacial score (nSPS) is 9.88. The Balaban J connectivity index is 2.61. The largest absolute Gasteiger partial charge is 0.492 e. The molecule has 88 valence electrons. The van der Waals surface area contributed by atoms with Crippen molar-refractivity contribution < 1.29 is 9.53 Å². The number of halogens is 1. The first-order valence-corrected chi connectivity index (χ1v) is 5.89. The predicted molar refractivity (Wildman–Crippen MR) is 66.2 cm³/mol. The first-order chi connectivity index (χ1) is 7.77. The fraction of sp³-hybridized carbons (Fsp3) is 0.417. The predicted octanol–water partition coefficient (Wildman–Crippen LogP) is 3.04. The number of carbonyl (C=O) groups excluding carboxylic acids is 1. The quantitative estimate of drug-likeness (QED) is 0.778. The zero-order valence-corrected chi connectivity index (χ0v) is 10.1. The summed E-state index contributed by atoms with van der Waals surface area (Å²) < 4.78 is 5.40. The number of para-hydroxylation sites is 2. The van der Waals surface area contributed by atoms with E-state index in [4.69, 9.17) is 16.3 Å². The van der Waals surface area contributed by atoms with Gasteiger partial charge in [-0.15, -0.1) is 11.6 Å². The molecule has 0 unspecified atom stereocenters. The van der Waals surface area contributed by atoms with Crippen molar-refractivity contribution in [2.24, 2.45) is 0 Å². The number of hydrogen-bond acceptors (Lipinski definition) is 2. The van der Waals surface area contributed by atoms with E-state index in [1.165, 1.54) is 0 Å². The lowest BCUT2D eigenvalue weighted by molar-refractivity contribution is -0.116. The minimum absolute atomic E-state index is 0.0344. The van der Waals surface area contributed by atoms with Gasteiger partial charge in [0.05, 0.1) is 12.3 Å². The molecule has 0 atom stereocenters. The highest BCUT2D eigenvalue weighted by molar-refractivity contribution is 6.18. The summed E-state index contributed by atoms with van der Waals surface area (Å²) in [4.78, 5) is 11.5. The monoisotopic (exact) mass is 241 g/mol. The van der Waals surface area contributed by atoms with Crippen molar-refractivity contribution in [1.29, 1.82) is 0 Å². The highest BCUT2D eigenvalue weighted by Gasteiger charge is 2.06. The molecule has 0 bridgehead atoms. The molecule has 0 heterocycles. The average molecular weight is 242 g/mol. The van der Waals surface area contributed by atoms with Gasteiger partial charge in [-0.05, 0) is 25.5 Å². The van der Waals surface area contributed by atoms with Gasteiger partial charge >= 0.3 is 0 Å². The van der Waals surface area contributed by atoms with Crippen molar-refractivity contribution >= 4 is 23.2 Å². The van der Waals surface area contributed by atoms with E-state index in [-0.39, 0.29) is 5.91 Å². The molecule has 0 saturated heterocycles. The van der Waals surface area contributed by atoms with Gasteiger partial charge in [0.1, 0.15) is 5.75 Å². The summed E-state index contributed by atoms with van der Waals surface area (Å²) in [6, 6.07) is 7.39. The van der Waals surface area contributed by atoms with Crippen LogP contribution in [0.2, 0.25) is 0 Å². The zero-order chi connectivity index (χ0) is 11.8.